The van der Waals surface area contributed by atoms with Gasteiger partial charge in [0, 0.05) is 25.1 Å². The topological polar surface area (TPSA) is 44.1 Å². The first kappa shape index (κ1) is 13.1. The van der Waals surface area contributed by atoms with Crippen molar-refractivity contribution in [3.05, 3.63) is 27.4 Å². The van der Waals surface area contributed by atoms with Crippen molar-refractivity contribution >= 4 is 11.6 Å². The molecular weight excluding hydrogens is 264 g/mol. The van der Waals surface area contributed by atoms with Crippen LogP contribution in [0.1, 0.15) is 50.3 Å². The van der Waals surface area contributed by atoms with Crippen molar-refractivity contribution in [1.82, 2.24) is 9.55 Å². The number of aromatic nitrogens is 2. The van der Waals surface area contributed by atoms with Gasteiger partial charge in [-0.05, 0) is 38.5 Å². The molecule has 0 bridgehead atoms. The summed E-state index contributed by atoms with van der Waals surface area (Å²) in [7, 11) is 0. The highest BCUT2D eigenvalue weighted by atomic mass is 35.5. The van der Waals surface area contributed by atoms with Crippen LogP contribution < -0.4 is 5.56 Å². The summed E-state index contributed by atoms with van der Waals surface area (Å²) in [5.41, 5.74) is -0.0192. The summed E-state index contributed by atoms with van der Waals surface area (Å²) in [5.74, 6) is 1.32. The van der Waals surface area contributed by atoms with Crippen LogP contribution in [0.2, 0.25) is 5.15 Å². The lowest BCUT2D eigenvalue weighted by Crippen LogP contribution is -2.24. The summed E-state index contributed by atoms with van der Waals surface area (Å²) >= 11 is 5.89. The Labute approximate surface area is 117 Å². The fraction of sp³-hybridized carbons (Fsp3) is 0.714. The number of rotatable bonds is 5. The number of ether oxygens (including phenoxy) is 1. The minimum atomic E-state index is -0.0192. The van der Waals surface area contributed by atoms with Crippen LogP contribution in [0.3, 0.4) is 0 Å². The molecule has 1 unspecified atom stereocenters. The maximum atomic E-state index is 12.0. The Bertz CT molecular complexity index is 505. The molecule has 1 aromatic rings. The van der Waals surface area contributed by atoms with E-state index in [1.165, 1.54) is 12.5 Å². The Morgan fingerprint density at radius 2 is 2.26 bits per heavy atom. The molecule has 1 aliphatic carbocycles. The van der Waals surface area contributed by atoms with Crippen molar-refractivity contribution in [2.75, 3.05) is 6.61 Å². The predicted molar refractivity (Wildman–Crippen MR) is 73.7 cm³/mol. The molecule has 4 nitrogen and oxygen atoms in total. The van der Waals surface area contributed by atoms with E-state index in [-0.39, 0.29) is 5.56 Å². The lowest BCUT2D eigenvalue weighted by molar-refractivity contribution is 0.101. The highest BCUT2D eigenvalue weighted by Gasteiger charge is 2.29. The van der Waals surface area contributed by atoms with Crippen LogP contribution >= 0.6 is 11.6 Å². The second-order valence-electron chi connectivity index (χ2n) is 5.48. The third-order valence-electron chi connectivity index (χ3n) is 3.88. The molecular formula is C14H19ClN2O2. The largest absolute Gasteiger partial charge is 0.378 e. The first-order valence-corrected chi connectivity index (χ1v) is 7.51. The van der Waals surface area contributed by atoms with Crippen molar-refractivity contribution in [1.29, 1.82) is 0 Å². The second kappa shape index (κ2) is 5.63. The predicted octanol–water partition coefficient (Wildman–Crippen LogP) is 2.73. The smallest absolute Gasteiger partial charge is 0.254 e. The van der Waals surface area contributed by atoms with Gasteiger partial charge in [0.05, 0.1) is 6.10 Å². The Morgan fingerprint density at radius 3 is 2.95 bits per heavy atom. The van der Waals surface area contributed by atoms with Gasteiger partial charge in [-0.1, -0.05) is 11.6 Å². The lowest BCUT2D eigenvalue weighted by Gasteiger charge is -2.13. The fourth-order valence-electron chi connectivity index (χ4n) is 2.72. The average molecular weight is 283 g/mol. The van der Waals surface area contributed by atoms with Gasteiger partial charge >= 0.3 is 0 Å². The van der Waals surface area contributed by atoms with Crippen LogP contribution in [0.4, 0.5) is 0 Å². The quantitative estimate of drug-likeness (QED) is 0.780. The van der Waals surface area contributed by atoms with E-state index in [9.17, 15) is 4.79 Å². The van der Waals surface area contributed by atoms with Gasteiger partial charge in [0.2, 0.25) is 0 Å². The molecule has 2 heterocycles. The summed E-state index contributed by atoms with van der Waals surface area (Å²) in [6, 6.07) is 1.42. The standard InChI is InChI=1S/C14H19ClN2O2/c15-12-9-13(18)17(14(16-12)10-5-6-10)7-1-3-11-4-2-8-19-11/h9-11H,1-8H2. The van der Waals surface area contributed by atoms with E-state index in [1.807, 2.05) is 0 Å². The lowest BCUT2D eigenvalue weighted by atomic mass is 10.1. The van der Waals surface area contributed by atoms with E-state index < -0.39 is 0 Å². The first-order chi connectivity index (χ1) is 9.24. The van der Waals surface area contributed by atoms with Gasteiger partial charge in [0.15, 0.2) is 0 Å². The second-order valence-corrected chi connectivity index (χ2v) is 5.87. The van der Waals surface area contributed by atoms with Crippen LogP contribution in [-0.2, 0) is 11.3 Å². The Kier molecular flexibility index (Phi) is 3.89. The van der Waals surface area contributed by atoms with Crippen LogP contribution in [0.5, 0.6) is 0 Å². The van der Waals surface area contributed by atoms with E-state index in [4.69, 9.17) is 16.3 Å². The molecule has 104 valence electrons. The molecule has 1 atom stereocenters. The Hall–Kier alpha value is -0.870. The van der Waals surface area contributed by atoms with Crippen molar-refractivity contribution in [3.63, 3.8) is 0 Å². The summed E-state index contributed by atoms with van der Waals surface area (Å²) < 4.78 is 7.41. The molecule has 3 rings (SSSR count). The van der Waals surface area contributed by atoms with Gasteiger partial charge < -0.3 is 4.74 Å². The summed E-state index contributed by atoms with van der Waals surface area (Å²) in [5, 5.41) is 0.322. The molecule has 1 aromatic heterocycles. The molecule has 2 fully saturated rings. The van der Waals surface area contributed by atoms with E-state index in [2.05, 4.69) is 4.98 Å². The normalized spacial score (nSPS) is 22.9. The van der Waals surface area contributed by atoms with Crippen LogP contribution in [-0.4, -0.2) is 22.3 Å². The van der Waals surface area contributed by atoms with Crippen molar-refractivity contribution in [2.45, 2.75) is 57.1 Å². The van der Waals surface area contributed by atoms with E-state index in [0.717, 1.165) is 51.1 Å². The Morgan fingerprint density at radius 1 is 1.42 bits per heavy atom. The van der Waals surface area contributed by atoms with Crippen LogP contribution in [0, 0.1) is 0 Å². The van der Waals surface area contributed by atoms with Crippen LogP contribution in [0.25, 0.3) is 0 Å². The summed E-state index contributed by atoms with van der Waals surface area (Å²) in [6.45, 7) is 1.62. The molecule has 1 aliphatic heterocycles. The zero-order valence-electron chi connectivity index (χ0n) is 11.0. The maximum absolute atomic E-state index is 12.0. The monoisotopic (exact) mass is 282 g/mol. The van der Waals surface area contributed by atoms with Crippen molar-refractivity contribution in [2.24, 2.45) is 0 Å². The van der Waals surface area contributed by atoms with E-state index in [0.29, 0.717) is 17.2 Å². The van der Waals surface area contributed by atoms with E-state index in [1.54, 1.807) is 4.57 Å². The molecule has 0 amide bonds. The highest BCUT2D eigenvalue weighted by Crippen LogP contribution is 2.38. The van der Waals surface area contributed by atoms with Gasteiger partial charge in [0.25, 0.3) is 5.56 Å². The van der Waals surface area contributed by atoms with Gasteiger partial charge in [-0.25, -0.2) is 4.98 Å². The zero-order valence-corrected chi connectivity index (χ0v) is 11.7. The third kappa shape index (κ3) is 3.18. The number of nitrogens with zero attached hydrogens (tertiary/aromatic N) is 2. The molecule has 1 saturated heterocycles. The SMILES string of the molecule is O=c1cc(Cl)nc(C2CC2)n1CCCC1CCCO1. The third-order valence-corrected chi connectivity index (χ3v) is 4.07. The van der Waals surface area contributed by atoms with Gasteiger partial charge in [-0.3, -0.25) is 9.36 Å². The van der Waals surface area contributed by atoms with Gasteiger partial charge in [-0.15, -0.1) is 0 Å². The Balaban J connectivity index is 1.67. The fourth-order valence-corrected chi connectivity index (χ4v) is 2.90. The average Bonchev–Trinajstić information content (AvgIpc) is 3.09. The number of hydrogen-bond acceptors (Lipinski definition) is 3. The van der Waals surface area contributed by atoms with Gasteiger partial charge in [-0.2, -0.15) is 0 Å². The molecule has 1 saturated carbocycles. The molecule has 2 aliphatic rings. The zero-order chi connectivity index (χ0) is 13.2. The summed E-state index contributed by atoms with van der Waals surface area (Å²) in [6.07, 6.45) is 6.95. The van der Waals surface area contributed by atoms with Gasteiger partial charge in [0.1, 0.15) is 11.0 Å². The molecule has 0 radical (unpaired) electrons. The van der Waals surface area contributed by atoms with Crippen molar-refractivity contribution in [3.8, 4) is 0 Å². The minimum Gasteiger partial charge on any atom is -0.378 e. The highest BCUT2D eigenvalue weighted by molar-refractivity contribution is 6.29. The molecule has 0 spiro atoms. The van der Waals surface area contributed by atoms with Crippen molar-refractivity contribution < 1.29 is 4.74 Å². The molecule has 0 aromatic carbocycles. The van der Waals surface area contributed by atoms with Crippen LogP contribution in [0.15, 0.2) is 10.9 Å². The minimum absolute atomic E-state index is 0.0192. The molecule has 0 N–H and O–H groups in total. The number of halogens is 1. The maximum Gasteiger partial charge on any atom is 0.254 e. The van der Waals surface area contributed by atoms with E-state index >= 15 is 0 Å². The molecule has 5 heteroatoms. The summed E-state index contributed by atoms with van der Waals surface area (Å²) in [4.78, 5) is 16.4. The molecule has 19 heavy (non-hydrogen) atoms. The number of hydrogen-bond donors (Lipinski definition) is 0. The first-order valence-electron chi connectivity index (χ1n) is 7.13.